The van der Waals surface area contributed by atoms with E-state index in [4.69, 9.17) is 15.6 Å². The summed E-state index contributed by atoms with van der Waals surface area (Å²) in [6.07, 6.45) is -1.24. The molecule has 18 heavy (non-hydrogen) atoms. The van der Waals surface area contributed by atoms with Crippen molar-refractivity contribution in [2.75, 3.05) is 19.7 Å². The van der Waals surface area contributed by atoms with E-state index in [-0.39, 0.29) is 6.10 Å². The van der Waals surface area contributed by atoms with Crippen molar-refractivity contribution in [2.24, 2.45) is 5.73 Å². The van der Waals surface area contributed by atoms with E-state index in [0.717, 1.165) is 5.56 Å². The van der Waals surface area contributed by atoms with Gasteiger partial charge in [0.15, 0.2) is 0 Å². The number of primary amides is 1. The van der Waals surface area contributed by atoms with E-state index in [1.807, 2.05) is 0 Å². The van der Waals surface area contributed by atoms with E-state index >= 15 is 0 Å². The first-order chi connectivity index (χ1) is 8.58. The molecule has 0 spiro atoms. The van der Waals surface area contributed by atoms with Crippen LogP contribution in [0, 0.1) is 0 Å². The van der Waals surface area contributed by atoms with Gasteiger partial charge in [0.05, 0.1) is 13.2 Å². The molecule has 1 aliphatic heterocycles. The molecule has 1 aromatic rings. The van der Waals surface area contributed by atoms with Gasteiger partial charge in [-0.15, -0.1) is 0 Å². The van der Waals surface area contributed by atoms with Gasteiger partial charge in [0, 0.05) is 12.1 Å². The molecule has 2 rings (SSSR count). The Labute approximate surface area is 104 Å². The van der Waals surface area contributed by atoms with E-state index in [1.54, 1.807) is 24.3 Å². The van der Waals surface area contributed by atoms with Gasteiger partial charge in [-0.3, -0.25) is 4.79 Å². The summed E-state index contributed by atoms with van der Waals surface area (Å²) in [5.41, 5.74) is 6.41. The summed E-state index contributed by atoms with van der Waals surface area (Å²) < 4.78 is 5.52. The molecule has 96 valence electrons. The van der Waals surface area contributed by atoms with Crippen molar-refractivity contribution < 1.29 is 19.4 Å². The fourth-order valence-corrected chi connectivity index (χ4v) is 1.89. The third-order valence-electron chi connectivity index (χ3n) is 2.90. The molecule has 1 fully saturated rings. The number of hydrogen-bond acceptors (Lipinski definition) is 3. The van der Waals surface area contributed by atoms with Crippen molar-refractivity contribution in [3.63, 3.8) is 0 Å². The Balaban J connectivity index is 2.11. The number of hydrogen-bond donors (Lipinski definition) is 2. The molecule has 6 nitrogen and oxygen atoms in total. The maximum Gasteiger partial charge on any atom is 0.407 e. The van der Waals surface area contributed by atoms with E-state index < -0.39 is 12.0 Å². The van der Waals surface area contributed by atoms with Crippen LogP contribution in [-0.4, -0.2) is 41.7 Å². The van der Waals surface area contributed by atoms with Crippen LogP contribution in [0.25, 0.3) is 0 Å². The number of carbonyl (C=O) groups is 2. The smallest absolute Gasteiger partial charge is 0.407 e. The highest BCUT2D eigenvalue weighted by atomic mass is 16.5. The zero-order valence-electron chi connectivity index (χ0n) is 9.70. The molecular formula is C12H14N2O4. The van der Waals surface area contributed by atoms with E-state index in [1.165, 1.54) is 4.90 Å². The first-order valence-electron chi connectivity index (χ1n) is 5.57. The van der Waals surface area contributed by atoms with Crippen LogP contribution < -0.4 is 5.73 Å². The van der Waals surface area contributed by atoms with Gasteiger partial charge >= 0.3 is 6.09 Å². The summed E-state index contributed by atoms with van der Waals surface area (Å²) in [5, 5.41) is 8.93. The number of ether oxygens (including phenoxy) is 1. The molecule has 1 saturated heterocycles. The van der Waals surface area contributed by atoms with Gasteiger partial charge < -0.3 is 20.5 Å². The predicted octanol–water partition coefficient (Wildman–Crippen LogP) is 0.837. The van der Waals surface area contributed by atoms with Crippen molar-refractivity contribution in [1.29, 1.82) is 0 Å². The summed E-state index contributed by atoms with van der Waals surface area (Å²) >= 11 is 0. The first kappa shape index (κ1) is 12.4. The topological polar surface area (TPSA) is 92.9 Å². The van der Waals surface area contributed by atoms with Gasteiger partial charge in [-0.05, 0) is 17.7 Å². The highest BCUT2D eigenvalue weighted by Crippen LogP contribution is 2.22. The van der Waals surface area contributed by atoms with E-state index in [9.17, 15) is 9.59 Å². The molecule has 6 heteroatoms. The van der Waals surface area contributed by atoms with Crippen molar-refractivity contribution in [2.45, 2.75) is 6.10 Å². The zero-order valence-corrected chi connectivity index (χ0v) is 9.70. The standard InChI is InChI=1S/C12H14N2O4/c13-11(15)9-3-1-8(2-4-9)10-7-14(12(16)17)5-6-18-10/h1-4,10H,5-7H2,(H2,13,15)(H,16,17). The second-order valence-corrected chi connectivity index (χ2v) is 4.07. The van der Waals surface area contributed by atoms with E-state index in [0.29, 0.717) is 25.3 Å². The zero-order chi connectivity index (χ0) is 13.1. The van der Waals surface area contributed by atoms with Crippen LogP contribution in [0.3, 0.4) is 0 Å². The quantitative estimate of drug-likeness (QED) is 0.813. The van der Waals surface area contributed by atoms with Crippen molar-refractivity contribution in [3.05, 3.63) is 35.4 Å². The van der Waals surface area contributed by atoms with Crippen LogP contribution in [0.5, 0.6) is 0 Å². The molecule has 2 amide bonds. The molecule has 1 heterocycles. The molecular weight excluding hydrogens is 236 g/mol. The maximum absolute atomic E-state index is 10.9. The molecule has 0 bridgehead atoms. The Morgan fingerprint density at radius 3 is 2.56 bits per heavy atom. The number of rotatable bonds is 2. The lowest BCUT2D eigenvalue weighted by atomic mass is 10.1. The second kappa shape index (κ2) is 5.05. The highest BCUT2D eigenvalue weighted by molar-refractivity contribution is 5.92. The van der Waals surface area contributed by atoms with Crippen molar-refractivity contribution in [3.8, 4) is 0 Å². The van der Waals surface area contributed by atoms with Crippen LogP contribution in [-0.2, 0) is 4.74 Å². The van der Waals surface area contributed by atoms with Gasteiger partial charge in [-0.1, -0.05) is 12.1 Å². The molecule has 1 atom stereocenters. The Morgan fingerprint density at radius 2 is 2.00 bits per heavy atom. The number of carbonyl (C=O) groups excluding carboxylic acids is 1. The number of nitrogens with two attached hydrogens (primary N) is 1. The Kier molecular flexibility index (Phi) is 3.47. The SMILES string of the molecule is NC(=O)c1ccc(C2CN(C(=O)O)CCO2)cc1. The Bertz CT molecular complexity index is 458. The summed E-state index contributed by atoms with van der Waals surface area (Å²) in [5.74, 6) is -0.488. The predicted molar refractivity (Wildman–Crippen MR) is 63.3 cm³/mol. The van der Waals surface area contributed by atoms with E-state index in [2.05, 4.69) is 0 Å². The van der Waals surface area contributed by atoms with Crippen LogP contribution >= 0.6 is 0 Å². The molecule has 1 aromatic carbocycles. The lowest BCUT2D eigenvalue weighted by Crippen LogP contribution is -2.41. The lowest BCUT2D eigenvalue weighted by molar-refractivity contribution is -0.0232. The first-order valence-corrected chi connectivity index (χ1v) is 5.57. The monoisotopic (exact) mass is 250 g/mol. The van der Waals surface area contributed by atoms with Crippen LogP contribution in [0.2, 0.25) is 0 Å². The average molecular weight is 250 g/mol. The van der Waals surface area contributed by atoms with Crippen LogP contribution in [0.1, 0.15) is 22.0 Å². The molecule has 1 unspecified atom stereocenters. The molecule has 0 saturated carbocycles. The molecule has 0 aliphatic carbocycles. The summed E-state index contributed by atoms with van der Waals surface area (Å²) in [4.78, 5) is 23.1. The van der Waals surface area contributed by atoms with Gasteiger partial charge in [-0.2, -0.15) is 0 Å². The van der Waals surface area contributed by atoms with Gasteiger partial charge in [0.2, 0.25) is 5.91 Å². The third kappa shape index (κ3) is 2.60. The van der Waals surface area contributed by atoms with Crippen molar-refractivity contribution in [1.82, 2.24) is 4.90 Å². The number of amides is 2. The number of nitrogens with zero attached hydrogens (tertiary/aromatic N) is 1. The van der Waals surface area contributed by atoms with Crippen LogP contribution in [0.15, 0.2) is 24.3 Å². The fourth-order valence-electron chi connectivity index (χ4n) is 1.89. The Hall–Kier alpha value is -2.08. The van der Waals surface area contributed by atoms with Gasteiger partial charge in [0.25, 0.3) is 0 Å². The fraction of sp³-hybridized carbons (Fsp3) is 0.333. The largest absolute Gasteiger partial charge is 0.465 e. The Morgan fingerprint density at radius 1 is 1.33 bits per heavy atom. The molecule has 3 N–H and O–H groups in total. The van der Waals surface area contributed by atoms with Crippen molar-refractivity contribution >= 4 is 12.0 Å². The molecule has 0 radical (unpaired) electrons. The van der Waals surface area contributed by atoms with Gasteiger partial charge in [-0.25, -0.2) is 4.79 Å². The lowest BCUT2D eigenvalue weighted by Gasteiger charge is -2.31. The minimum Gasteiger partial charge on any atom is -0.465 e. The maximum atomic E-state index is 10.9. The second-order valence-electron chi connectivity index (χ2n) is 4.07. The highest BCUT2D eigenvalue weighted by Gasteiger charge is 2.24. The van der Waals surface area contributed by atoms with Crippen LogP contribution in [0.4, 0.5) is 4.79 Å². The summed E-state index contributed by atoms with van der Waals surface area (Å²) in [7, 11) is 0. The minimum atomic E-state index is -0.947. The third-order valence-corrected chi connectivity index (χ3v) is 2.90. The number of benzene rings is 1. The number of morpholine rings is 1. The number of carboxylic acid groups (broad SMARTS) is 1. The molecule has 1 aliphatic rings. The van der Waals surface area contributed by atoms with Gasteiger partial charge in [0.1, 0.15) is 6.10 Å². The summed E-state index contributed by atoms with van der Waals surface area (Å²) in [6.45, 7) is 1.05. The minimum absolute atomic E-state index is 0.295. The summed E-state index contributed by atoms with van der Waals surface area (Å²) in [6, 6.07) is 6.69. The normalized spacial score (nSPS) is 19.6. The average Bonchev–Trinajstić information content (AvgIpc) is 2.39. The molecule has 0 aromatic heterocycles.